The number of ether oxygens (including phenoxy) is 2. The molecule has 4 rings (SSSR count). The minimum absolute atomic E-state index is 0.00682. The predicted octanol–water partition coefficient (Wildman–Crippen LogP) is 5.07. The van der Waals surface area contributed by atoms with Gasteiger partial charge in [0.25, 0.3) is 0 Å². The Bertz CT molecular complexity index is 1100. The number of carbonyl (C=O) groups is 1. The third-order valence-electron chi connectivity index (χ3n) is 5.88. The molecule has 172 valence electrons. The van der Waals surface area contributed by atoms with Crippen molar-refractivity contribution < 1.29 is 19.4 Å². The molecule has 1 aromatic heterocycles. The molecule has 0 radical (unpaired) electrons. The number of aromatic nitrogens is 1. The number of hydrogen-bond acceptors (Lipinski definition) is 5. The Morgan fingerprint density at radius 3 is 2.76 bits per heavy atom. The SMILES string of the molecule is CCOc1ccnc(NCCCOc2ccc3c(c2)Cc2ccccc2C(CC(=O)O)C3)c1. The van der Waals surface area contributed by atoms with Crippen LogP contribution in [0.2, 0.25) is 0 Å². The Kier molecular flexibility index (Phi) is 7.45. The number of anilines is 1. The fraction of sp³-hybridized carbons (Fsp3) is 0.333. The van der Waals surface area contributed by atoms with E-state index in [0.717, 1.165) is 48.7 Å². The Hall–Kier alpha value is -3.54. The number of hydrogen-bond donors (Lipinski definition) is 2. The molecule has 1 aliphatic carbocycles. The van der Waals surface area contributed by atoms with E-state index >= 15 is 0 Å². The van der Waals surface area contributed by atoms with Crippen molar-refractivity contribution in [2.45, 2.75) is 38.5 Å². The van der Waals surface area contributed by atoms with E-state index in [1.165, 1.54) is 16.7 Å². The van der Waals surface area contributed by atoms with Crippen molar-refractivity contribution in [2.75, 3.05) is 25.1 Å². The Morgan fingerprint density at radius 2 is 1.91 bits per heavy atom. The lowest BCUT2D eigenvalue weighted by atomic mass is 9.89. The van der Waals surface area contributed by atoms with Gasteiger partial charge in [-0.05, 0) is 72.6 Å². The molecule has 0 spiro atoms. The van der Waals surface area contributed by atoms with Gasteiger partial charge in [0.2, 0.25) is 0 Å². The van der Waals surface area contributed by atoms with Gasteiger partial charge in [-0.3, -0.25) is 4.79 Å². The maximum atomic E-state index is 11.4. The molecule has 33 heavy (non-hydrogen) atoms. The first kappa shape index (κ1) is 22.6. The smallest absolute Gasteiger partial charge is 0.303 e. The molecule has 3 aromatic rings. The molecule has 1 atom stereocenters. The number of carboxylic acids is 1. The van der Waals surface area contributed by atoms with Gasteiger partial charge in [-0.15, -0.1) is 0 Å². The highest BCUT2D eigenvalue weighted by Crippen LogP contribution is 2.35. The zero-order chi connectivity index (χ0) is 23.0. The molecule has 2 N–H and O–H groups in total. The zero-order valence-electron chi connectivity index (χ0n) is 18.9. The second kappa shape index (κ2) is 10.9. The fourth-order valence-corrected chi connectivity index (χ4v) is 4.37. The number of nitrogens with zero attached hydrogens (tertiary/aromatic N) is 1. The highest BCUT2D eigenvalue weighted by atomic mass is 16.5. The molecule has 6 nitrogen and oxygen atoms in total. The van der Waals surface area contributed by atoms with Gasteiger partial charge in [-0.25, -0.2) is 4.98 Å². The van der Waals surface area contributed by atoms with Crippen LogP contribution in [-0.2, 0) is 17.6 Å². The molecule has 1 aliphatic rings. The highest BCUT2D eigenvalue weighted by Gasteiger charge is 2.24. The van der Waals surface area contributed by atoms with E-state index in [1.807, 2.05) is 37.3 Å². The van der Waals surface area contributed by atoms with Crippen LogP contribution in [-0.4, -0.2) is 35.8 Å². The molecular formula is C27H30N2O4. The van der Waals surface area contributed by atoms with Gasteiger partial charge in [-0.2, -0.15) is 0 Å². The van der Waals surface area contributed by atoms with E-state index in [0.29, 0.717) is 13.2 Å². The van der Waals surface area contributed by atoms with Gasteiger partial charge < -0.3 is 19.9 Å². The van der Waals surface area contributed by atoms with E-state index < -0.39 is 5.97 Å². The molecule has 2 aromatic carbocycles. The van der Waals surface area contributed by atoms with Gasteiger partial charge in [-0.1, -0.05) is 30.3 Å². The number of benzene rings is 2. The largest absolute Gasteiger partial charge is 0.494 e. The van der Waals surface area contributed by atoms with Gasteiger partial charge in [0.15, 0.2) is 0 Å². The first-order valence-corrected chi connectivity index (χ1v) is 11.5. The van der Waals surface area contributed by atoms with E-state index in [4.69, 9.17) is 9.47 Å². The molecule has 0 aliphatic heterocycles. The summed E-state index contributed by atoms with van der Waals surface area (Å²) in [7, 11) is 0. The Morgan fingerprint density at radius 1 is 1.06 bits per heavy atom. The third kappa shape index (κ3) is 6.04. The van der Waals surface area contributed by atoms with E-state index in [9.17, 15) is 9.90 Å². The van der Waals surface area contributed by atoms with Crippen molar-refractivity contribution in [3.05, 3.63) is 83.0 Å². The van der Waals surface area contributed by atoms with E-state index in [1.54, 1.807) is 6.20 Å². The second-order valence-electron chi connectivity index (χ2n) is 8.24. The Labute approximate surface area is 194 Å². The van der Waals surface area contributed by atoms with Crippen LogP contribution in [0.3, 0.4) is 0 Å². The molecule has 0 saturated heterocycles. The molecule has 0 bridgehead atoms. The molecule has 0 amide bonds. The zero-order valence-corrected chi connectivity index (χ0v) is 18.9. The van der Waals surface area contributed by atoms with Crippen LogP contribution in [0.4, 0.5) is 5.82 Å². The summed E-state index contributed by atoms with van der Waals surface area (Å²) >= 11 is 0. The number of nitrogens with one attached hydrogen (secondary N) is 1. The van der Waals surface area contributed by atoms with Crippen LogP contribution in [0.1, 0.15) is 47.9 Å². The summed E-state index contributed by atoms with van der Waals surface area (Å²) in [5, 5.41) is 12.7. The molecule has 6 heteroatoms. The molecule has 1 unspecified atom stereocenters. The van der Waals surface area contributed by atoms with Crippen molar-refractivity contribution in [1.29, 1.82) is 0 Å². The molecular weight excluding hydrogens is 416 g/mol. The lowest BCUT2D eigenvalue weighted by molar-refractivity contribution is -0.137. The summed E-state index contributed by atoms with van der Waals surface area (Å²) in [6.45, 7) is 3.93. The van der Waals surface area contributed by atoms with Crippen molar-refractivity contribution in [1.82, 2.24) is 4.98 Å². The number of rotatable bonds is 10. The van der Waals surface area contributed by atoms with Crippen molar-refractivity contribution in [3.63, 3.8) is 0 Å². The average molecular weight is 447 g/mol. The lowest BCUT2D eigenvalue weighted by Gasteiger charge is -2.16. The molecule has 0 saturated carbocycles. The predicted molar refractivity (Wildman–Crippen MR) is 128 cm³/mol. The molecule has 0 fully saturated rings. The quantitative estimate of drug-likeness (QED) is 0.424. The standard InChI is InChI=1S/C27H30N2O4/c1-2-32-24-10-12-29-26(18-24)28-11-5-13-33-23-9-8-19-14-22(17-27(30)31)25-7-4-3-6-20(25)15-21(19)16-23/h3-4,6-10,12,16,18,22H,2,5,11,13-15,17H2,1H3,(H,28,29)(H,30,31). The van der Waals surface area contributed by atoms with Crippen LogP contribution in [0.15, 0.2) is 60.8 Å². The highest BCUT2D eigenvalue weighted by molar-refractivity contribution is 5.68. The summed E-state index contributed by atoms with van der Waals surface area (Å²) in [6.07, 6.45) is 4.24. The van der Waals surface area contributed by atoms with Crippen LogP contribution < -0.4 is 14.8 Å². The second-order valence-corrected chi connectivity index (χ2v) is 8.24. The third-order valence-corrected chi connectivity index (χ3v) is 5.88. The summed E-state index contributed by atoms with van der Waals surface area (Å²) < 4.78 is 11.5. The normalized spacial score (nSPS) is 14.5. The first-order chi connectivity index (χ1) is 16.1. The topological polar surface area (TPSA) is 80.7 Å². The molecule has 1 heterocycles. The van der Waals surface area contributed by atoms with Crippen LogP contribution in [0.5, 0.6) is 11.5 Å². The number of carboxylic acid groups (broad SMARTS) is 1. The fourth-order valence-electron chi connectivity index (χ4n) is 4.37. The lowest BCUT2D eigenvalue weighted by Crippen LogP contribution is -2.10. The van der Waals surface area contributed by atoms with Crippen LogP contribution in [0, 0.1) is 0 Å². The summed E-state index contributed by atoms with van der Waals surface area (Å²) in [5.41, 5.74) is 4.76. The van der Waals surface area contributed by atoms with Crippen molar-refractivity contribution >= 4 is 11.8 Å². The summed E-state index contributed by atoms with van der Waals surface area (Å²) in [6, 6.07) is 18.1. The first-order valence-electron chi connectivity index (χ1n) is 11.5. The minimum atomic E-state index is -0.758. The van der Waals surface area contributed by atoms with Gasteiger partial charge >= 0.3 is 5.97 Å². The van der Waals surface area contributed by atoms with Crippen LogP contribution in [0.25, 0.3) is 0 Å². The maximum Gasteiger partial charge on any atom is 0.303 e. The van der Waals surface area contributed by atoms with Gasteiger partial charge in [0.1, 0.15) is 17.3 Å². The monoisotopic (exact) mass is 446 g/mol. The van der Waals surface area contributed by atoms with Gasteiger partial charge in [0, 0.05) is 18.8 Å². The van der Waals surface area contributed by atoms with Crippen molar-refractivity contribution in [2.24, 2.45) is 0 Å². The maximum absolute atomic E-state index is 11.4. The summed E-state index contributed by atoms with van der Waals surface area (Å²) in [4.78, 5) is 15.7. The average Bonchev–Trinajstić information content (AvgIpc) is 2.95. The van der Waals surface area contributed by atoms with E-state index in [2.05, 4.69) is 34.6 Å². The Balaban J connectivity index is 1.35. The van der Waals surface area contributed by atoms with Crippen LogP contribution >= 0.6 is 0 Å². The van der Waals surface area contributed by atoms with Gasteiger partial charge in [0.05, 0.1) is 19.6 Å². The summed E-state index contributed by atoms with van der Waals surface area (Å²) in [5.74, 6) is 1.68. The number of pyridine rings is 1. The number of aliphatic carboxylic acids is 1. The number of fused-ring (bicyclic) bond motifs is 2. The van der Waals surface area contributed by atoms with E-state index in [-0.39, 0.29) is 12.3 Å². The minimum Gasteiger partial charge on any atom is -0.494 e. The van der Waals surface area contributed by atoms with Crippen molar-refractivity contribution in [3.8, 4) is 11.5 Å².